The lowest BCUT2D eigenvalue weighted by atomic mass is 10.2. The molecular weight excluding hydrogens is 396 g/mol. The van der Waals surface area contributed by atoms with Crippen molar-refractivity contribution in [2.24, 2.45) is 0 Å². The summed E-state index contributed by atoms with van der Waals surface area (Å²) in [5.41, 5.74) is 1.99. The lowest BCUT2D eigenvalue weighted by Crippen LogP contribution is -2.11. The van der Waals surface area contributed by atoms with Gasteiger partial charge in [0.1, 0.15) is 11.6 Å². The Labute approximate surface area is 167 Å². The second-order valence-electron chi connectivity index (χ2n) is 6.27. The first-order valence-corrected chi connectivity index (χ1v) is 9.88. The lowest BCUT2D eigenvalue weighted by molar-refractivity contribution is 0.796. The van der Waals surface area contributed by atoms with E-state index < -0.39 is 0 Å². The van der Waals surface area contributed by atoms with E-state index in [0.29, 0.717) is 38.5 Å². The van der Waals surface area contributed by atoms with Crippen molar-refractivity contribution in [2.75, 3.05) is 0 Å². The molecule has 5 rings (SSSR count). The molecule has 9 heteroatoms. The van der Waals surface area contributed by atoms with E-state index in [0.717, 1.165) is 16.6 Å². The predicted molar refractivity (Wildman–Crippen MR) is 110 cm³/mol. The molecule has 0 bridgehead atoms. The lowest BCUT2D eigenvalue weighted by Gasteiger charge is -2.06. The molecule has 0 radical (unpaired) electrons. The molecule has 138 valence electrons. The van der Waals surface area contributed by atoms with Gasteiger partial charge < -0.3 is 4.98 Å². The summed E-state index contributed by atoms with van der Waals surface area (Å²) in [5, 5.41) is 7.15. The molecule has 7 nitrogen and oxygen atoms in total. The van der Waals surface area contributed by atoms with Crippen molar-refractivity contribution in [3.05, 3.63) is 69.5 Å². The van der Waals surface area contributed by atoms with Crippen LogP contribution in [0, 0.1) is 6.92 Å². The summed E-state index contributed by atoms with van der Waals surface area (Å²) in [6.07, 6.45) is 0. The number of hydrogen-bond donors (Lipinski definition) is 1. The number of halogens is 1. The molecule has 0 aliphatic heterocycles. The van der Waals surface area contributed by atoms with Crippen LogP contribution in [0.3, 0.4) is 0 Å². The van der Waals surface area contributed by atoms with Gasteiger partial charge in [0.25, 0.3) is 5.56 Å². The van der Waals surface area contributed by atoms with Crippen LogP contribution in [0.2, 0.25) is 5.02 Å². The summed E-state index contributed by atoms with van der Waals surface area (Å²) in [7, 11) is 0. The van der Waals surface area contributed by atoms with E-state index in [1.165, 1.54) is 11.8 Å². The van der Waals surface area contributed by atoms with E-state index in [2.05, 4.69) is 20.1 Å². The molecule has 0 atom stereocenters. The average molecular weight is 409 g/mol. The van der Waals surface area contributed by atoms with Crippen molar-refractivity contribution in [1.82, 2.24) is 29.5 Å². The van der Waals surface area contributed by atoms with Gasteiger partial charge in [-0.15, -0.1) is 5.10 Å². The van der Waals surface area contributed by atoms with E-state index in [1.54, 1.807) is 22.7 Å². The van der Waals surface area contributed by atoms with E-state index >= 15 is 0 Å². The molecule has 0 saturated carbocycles. The van der Waals surface area contributed by atoms with Gasteiger partial charge in [0.15, 0.2) is 10.8 Å². The van der Waals surface area contributed by atoms with Gasteiger partial charge in [-0.05, 0) is 37.3 Å². The second kappa shape index (κ2) is 6.57. The monoisotopic (exact) mass is 408 g/mol. The van der Waals surface area contributed by atoms with Crippen LogP contribution in [0.1, 0.15) is 11.6 Å². The van der Waals surface area contributed by atoms with Gasteiger partial charge >= 0.3 is 0 Å². The van der Waals surface area contributed by atoms with Gasteiger partial charge in [-0.25, -0.2) is 15.0 Å². The Bertz CT molecular complexity index is 1430. The number of nitrogens with one attached hydrogen (secondary N) is 1. The van der Waals surface area contributed by atoms with Gasteiger partial charge in [0, 0.05) is 10.4 Å². The summed E-state index contributed by atoms with van der Waals surface area (Å²) in [4.78, 5) is 28.9. The molecular formula is C19H13ClN6OS. The highest BCUT2D eigenvalue weighted by Gasteiger charge is 2.13. The quantitative estimate of drug-likeness (QED) is 0.361. The number of fused-ring (bicyclic) bond motifs is 4. The third-order valence-corrected chi connectivity index (χ3v) is 5.49. The second-order valence-corrected chi connectivity index (χ2v) is 7.65. The Balaban J connectivity index is 1.57. The Kier molecular flexibility index (Phi) is 4.03. The van der Waals surface area contributed by atoms with Crippen LogP contribution < -0.4 is 5.56 Å². The number of H-pyrrole nitrogens is 1. The van der Waals surface area contributed by atoms with Crippen molar-refractivity contribution >= 4 is 50.8 Å². The molecule has 0 saturated heterocycles. The molecule has 28 heavy (non-hydrogen) atoms. The maximum Gasteiger partial charge on any atom is 0.258 e. The first-order chi connectivity index (χ1) is 13.6. The minimum Gasteiger partial charge on any atom is -0.309 e. The fourth-order valence-corrected chi connectivity index (χ4v) is 4.07. The number of aromatic nitrogens is 6. The van der Waals surface area contributed by atoms with Crippen LogP contribution >= 0.6 is 23.4 Å². The largest absolute Gasteiger partial charge is 0.309 e. The summed E-state index contributed by atoms with van der Waals surface area (Å²) in [6.45, 7) is 1.85. The summed E-state index contributed by atoms with van der Waals surface area (Å²) in [6, 6.07) is 12.9. The number of para-hydroxylation sites is 1. The highest BCUT2D eigenvalue weighted by molar-refractivity contribution is 7.98. The van der Waals surface area contributed by atoms with E-state index in [9.17, 15) is 4.79 Å². The predicted octanol–water partition coefficient (Wildman–Crippen LogP) is 3.77. The minimum absolute atomic E-state index is 0.189. The average Bonchev–Trinajstić information content (AvgIpc) is 3.07. The number of aryl methyl sites for hydroxylation is 1. The zero-order valence-electron chi connectivity index (χ0n) is 14.7. The zero-order chi connectivity index (χ0) is 19.3. The smallest absolute Gasteiger partial charge is 0.258 e. The Morgan fingerprint density at radius 3 is 2.82 bits per heavy atom. The third kappa shape index (κ3) is 2.90. The maximum atomic E-state index is 12.3. The van der Waals surface area contributed by atoms with Crippen LogP contribution in [0.15, 0.2) is 52.4 Å². The Hall–Kier alpha value is -2.97. The molecule has 2 aromatic carbocycles. The Morgan fingerprint density at radius 1 is 1.07 bits per heavy atom. The van der Waals surface area contributed by atoms with E-state index in [4.69, 9.17) is 16.6 Å². The van der Waals surface area contributed by atoms with Crippen molar-refractivity contribution < 1.29 is 0 Å². The molecule has 1 N–H and O–H groups in total. The third-order valence-electron chi connectivity index (χ3n) is 4.31. The summed E-state index contributed by atoms with van der Waals surface area (Å²) < 4.78 is 1.73. The molecule has 3 heterocycles. The number of nitrogens with zero attached hydrogens (tertiary/aromatic N) is 5. The van der Waals surface area contributed by atoms with Gasteiger partial charge in [0.05, 0.1) is 22.2 Å². The summed E-state index contributed by atoms with van der Waals surface area (Å²) >= 11 is 7.47. The highest BCUT2D eigenvalue weighted by atomic mass is 35.5. The fourth-order valence-electron chi connectivity index (χ4n) is 3.09. The van der Waals surface area contributed by atoms with E-state index in [-0.39, 0.29) is 5.56 Å². The first-order valence-electron chi connectivity index (χ1n) is 8.52. The van der Waals surface area contributed by atoms with E-state index in [1.807, 2.05) is 31.2 Å². The first kappa shape index (κ1) is 17.2. The summed E-state index contributed by atoms with van der Waals surface area (Å²) in [5.74, 6) is 1.65. The normalized spacial score (nSPS) is 11.6. The number of rotatable bonds is 3. The van der Waals surface area contributed by atoms with Gasteiger partial charge in [-0.3, -0.25) is 4.79 Å². The molecule has 0 fully saturated rings. The van der Waals surface area contributed by atoms with Crippen LogP contribution in [0.5, 0.6) is 0 Å². The number of benzene rings is 2. The standard InChI is InChI=1S/C19H13ClN6OS/c1-10-21-17-12-4-2-3-5-14(12)23-19(26(17)25-10)28-9-16-22-15-8-11(20)6-7-13(15)18(27)24-16/h2-8H,9H2,1H3,(H,22,24,27). The van der Waals surface area contributed by atoms with Crippen molar-refractivity contribution in [1.29, 1.82) is 0 Å². The number of hydrogen-bond acceptors (Lipinski definition) is 6. The molecule has 0 unspecified atom stereocenters. The van der Waals surface area contributed by atoms with Gasteiger partial charge in [-0.1, -0.05) is 35.5 Å². The highest BCUT2D eigenvalue weighted by Crippen LogP contribution is 2.25. The van der Waals surface area contributed by atoms with Gasteiger partial charge in [-0.2, -0.15) is 4.52 Å². The van der Waals surface area contributed by atoms with Gasteiger partial charge in [0.2, 0.25) is 0 Å². The van der Waals surface area contributed by atoms with Crippen LogP contribution in [0.4, 0.5) is 0 Å². The van der Waals surface area contributed by atoms with Crippen molar-refractivity contribution in [3.8, 4) is 0 Å². The minimum atomic E-state index is -0.189. The molecule has 0 spiro atoms. The van der Waals surface area contributed by atoms with Crippen molar-refractivity contribution in [2.45, 2.75) is 17.8 Å². The maximum absolute atomic E-state index is 12.3. The molecule has 0 aliphatic carbocycles. The Morgan fingerprint density at radius 2 is 1.93 bits per heavy atom. The topological polar surface area (TPSA) is 88.8 Å². The molecule has 0 aliphatic rings. The molecule has 5 aromatic rings. The zero-order valence-corrected chi connectivity index (χ0v) is 16.3. The number of aromatic amines is 1. The van der Waals surface area contributed by atoms with Crippen LogP contribution in [0.25, 0.3) is 27.5 Å². The van der Waals surface area contributed by atoms with Crippen LogP contribution in [-0.4, -0.2) is 29.5 Å². The SMILES string of the molecule is Cc1nc2c3ccccc3nc(SCc3nc4cc(Cl)ccc4c(=O)[nH]3)n2n1. The molecule has 0 amide bonds. The molecule has 3 aromatic heterocycles. The van der Waals surface area contributed by atoms with Crippen LogP contribution in [-0.2, 0) is 5.75 Å². The van der Waals surface area contributed by atoms with Crippen molar-refractivity contribution in [3.63, 3.8) is 0 Å². The fraction of sp³-hybridized carbons (Fsp3) is 0.105. The number of thioether (sulfide) groups is 1.